The minimum atomic E-state index is -0.176. The summed E-state index contributed by atoms with van der Waals surface area (Å²) in [6.07, 6.45) is 4.62. The molecule has 0 saturated heterocycles. The zero-order chi connectivity index (χ0) is 15.5. The van der Waals surface area contributed by atoms with Crippen molar-refractivity contribution < 1.29 is 4.79 Å². The highest BCUT2D eigenvalue weighted by Crippen LogP contribution is 2.38. The van der Waals surface area contributed by atoms with Crippen LogP contribution in [0.3, 0.4) is 0 Å². The molecule has 0 unspecified atom stereocenters. The Morgan fingerprint density at radius 3 is 3.00 bits per heavy atom. The normalized spacial score (nSPS) is 12.5. The molecule has 0 radical (unpaired) electrons. The minimum Gasteiger partial charge on any atom is -0.317 e. The van der Waals surface area contributed by atoms with Crippen molar-refractivity contribution in [2.45, 2.75) is 32.2 Å². The summed E-state index contributed by atoms with van der Waals surface area (Å²) in [7, 11) is 0. The maximum Gasteiger partial charge on any atom is 0.252 e. The van der Waals surface area contributed by atoms with Crippen molar-refractivity contribution in [3.8, 4) is 12.1 Å². The van der Waals surface area contributed by atoms with Gasteiger partial charge in [-0.25, -0.2) is 4.98 Å². The van der Waals surface area contributed by atoms with Crippen molar-refractivity contribution in [1.82, 2.24) is 14.8 Å². The van der Waals surface area contributed by atoms with E-state index in [0.29, 0.717) is 17.1 Å². The van der Waals surface area contributed by atoms with E-state index in [1.807, 2.05) is 6.07 Å². The van der Waals surface area contributed by atoms with Crippen LogP contribution in [-0.2, 0) is 24.2 Å². The lowest BCUT2D eigenvalue weighted by Crippen LogP contribution is -2.14. The van der Waals surface area contributed by atoms with Gasteiger partial charge in [-0.05, 0) is 24.8 Å². The average molecular weight is 312 g/mol. The van der Waals surface area contributed by atoms with Crippen molar-refractivity contribution in [2.24, 2.45) is 0 Å². The van der Waals surface area contributed by atoms with E-state index < -0.39 is 0 Å². The number of nitrogens with zero attached hydrogens (tertiary/aromatic N) is 5. The Morgan fingerprint density at radius 2 is 2.27 bits per heavy atom. The van der Waals surface area contributed by atoms with Gasteiger partial charge in [-0.1, -0.05) is 0 Å². The van der Waals surface area contributed by atoms with Crippen LogP contribution in [0.2, 0.25) is 0 Å². The van der Waals surface area contributed by atoms with Gasteiger partial charge in [-0.3, -0.25) is 9.48 Å². The summed E-state index contributed by atoms with van der Waals surface area (Å²) < 4.78 is 1.46. The van der Waals surface area contributed by atoms with Crippen molar-refractivity contribution in [2.75, 3.05) is 5.32 Å². The first-order chi connectivity index (χ1) is 10.7. The second-order valence-electron chi connectivity index (χ2n) is 4.91. The summed E-state index contributed by atoms with van der Waals surface area (Å²) in [6.45, 7) is 0.341. The van der Waals surface area contributed by atoms with E-state index >= 15 is 0 Å². The Morgan fingerprint density at radius 1 is 1.41 bits per heavy atom. The smallest absolute Gasteiger partial charge is 0.252 e. The monoisotopic (exact) mass is 312 g/mol. The second-order valence-corrected chi connectivity index (χ2v) is 6.02. The van der Waals surface area contributed by atoms with E-state index in [2.05, 4.69) is 21.5 Å². The number of anilines is 1. The van der Waals surface area contributed by atoms with Crippen LogP contribution in [0.25, 0.3) is 0 Å². The number of hydrogen-bond acceptors (Lipinski definition) is 6. The molecule has 0 bridgehead atoms. The molecule has 1 amide bonds. The maximum atomic E-state index is 12.0. The van der Waals surface area contributed by atoms with Gasteiger partial charge in [-0.2, -0.15) is 10.5 Å². The number of rotatable bonds is 4. The Bertz CT molecular complexity index is 806. The van der Waals surface area contributed by atoms with Gasteiger partial charge in [0.15, 0.2) is 0 Å². The fourth-order valence-electron chi connectivity index (χ4n) is 2.47. The largest absolute Gasteiger partial charge is 0.317 e. The highest BCUT2D eigenvalue weighted by molar-refractivity contribution is 7.16. The molecule has 0 atom stereocenters. The van der Waals surface area contributed by atoms with Crippen LogP contribution in [0.5, 0.6) is 0 Å². The number of nitriles is 2. The van der Waals surface area contributed by atoms with Gasteiger partial charge in [0, 0.05) is 11.3 Å². The molecular weight excluding hydrogens is 300 g/mol. The summed E-state index contributed by atoms with van der Waals surface area (Å²) >= 11 is 1.50. The number of aromatic nitrogens is 3. The van der Waals surface area contributed by atoms with Gasteiger partial charge in [0.05, 0.1) is 12.1 Å². The van der Waals surface area contributed by atoms with E-state index in [4.69, 9.17) is 5.26 Å². The lowest BCUT2D eigenvalue weighted by molar-refractivity contribution is -0.116. The molecule has 2 aromatic rings. The number of aryl methyl sites for hydroxylation is 2. The fraction of sp³-hybridized carbons (Fsp3) is 0.357. The molecule has 1 aliphatic rings. The van der Waals surface area contributed by atoms with Crippen LogP contribution < -0.4 is 5.32 Å². The quantitative estimate of drug-likeness (QED) is 0.922. The van der Waals surface area contributed by atoms with Crippen LogP contribution in [0.4, 0.5) is 5.00 Å². The molecule has 7 nitrogen and oxygen atoms in total. The summed E-state index contributed by atoms with van der Waals surface area (Å²) in [4.78, 5) is 17.0. The number of nitrogens with one attached hydrogen (secondary N) is 1. The first-order valence-electron chi connectivity index (χ1n) is 6.85. The molecule has 1 aliphatic carbocycles. The Balaban J connectivity index is 1.63. The third-order valence-corrected chi connectivity index (χ3v) is 4.70. The zero-order valence-corrected chi connectivity index (χ0v) is 12.5. The molecule has 0 spiro atoms. The lowest BCUT2D eigenvalue weighted by atomic mass is 10.1. The van der Waals surface area contributed by atoms with Crippen molar-refractivity contribution in [3.63, 3.8) is 0 Å². The maximum absolute atomic E-state index is 12.0. The first kappa shape index (κ1) is 14.2. The molecular formula is C14H12N6OS. The van der Waals surface area contributed by atoms with Gasteiger partial charge in [0.1, 0.15) is 23.5 Å². The number of amides is 1. The molecule has 8 heteroatoms. The Labute approximate surface area is 130 Å². The minimum absolute atomic E-state index is 0.0851. The van der Waals surface area contributed by atoms with Crippen LogP contribution >= 0.6 is 11.3 Å². The SMILES string of the molecule is N#Cc1ncn(CCC(=O)Nc2sc3c(c2C#N)CCC3)n1. The average Bonchev–Trinajstić information content (AvgIpc) is 3.20. The van der Waals surface area contributed by atoms with Crippen LogP contribution in [-0.4, -0.2) is 20.7 Å². The molecule has 1 N–H and O–H groups in total. The Hall–Kier alpha value is -2.71. The lowest BCUT2D eigenvalue weighted by Gasteiger charge is -2.04. The second kappa shape index (κ2) is 5.96. The highest BCUT2D eigenvalue weighted by Gasteiger charge is 2.22. The molecule has 0 fully saturated rings. The van der Waals surface area contributed by atoms with Gasteiger partial charge in [-0.15, -0.1) is 16.4 Å². The van der Waals surface area contributed by atoms with Gasteiger partial charge in [0.2, 0.25) is 5.91 Å². The molecule has 2 heterocycles. The number of fused-ring (bicyclic) bond motifs is 1. The molecule has 110 valence electrons. The summed E-state index contributed by atoms with van der Waals surface area (Å²) in [6, 6.07) is 4.03. The van der Waals surface area contributed by atoms with Gasteiger partial charge in [0.25, 0.3) is 5.82 Å². The molecule has 22 heavy (non-hydrogen) atoms. The van der Waals surface area contributed by atoms with E-state index in [9.17, 15) is 10.1 Å². The van der Waals surface area contributed by atoms with Crippen LogP contribution in [0, 0.1) is 22.7 Å². The van der Waals surface area contributed by atoms with Gasteiger partial charge >= 0.3 is 0 Å². The first-order valence-corrected chi connectivity index (χ1v) is 7.67. The standard InChI is InChI=1S/C14H12N6OS/c15-6-10-9-2-1-3-11(9)22-14(10)18-13(21)4-5-20-8-17-12(7-16)19-20/h8H,1-5H2,(H,18,21). The van der Waals surface area contributed by atoms with Gasteiger partial charge < -0.3 is 5.32 Å². The molecule has 0 aromatic carbocycles. The molecule has 2 aromatic heterocycles. The number of carbonyl (C=O) groups excluding carboxylic acids is 1. The fourth-order valence-corrected chi connectivity index (χ4v) is 3.73. The zero-order valence-electron chi connectivity index (χ0n) is 11.7. The summed E-state index contributed by atoms with van der Waals surface area (Å²) in [5, 5.41) is 25.3. The van der Waals surface area contributed by atoms with Crippen molar-refractivity contribution in [1.29, 1.82) is 10.5 Å². The van der Waals surface area contributed by atoms with E-state index in [-0.39, 0.29) is 18.2 Å². The van der Waals surface area contributed by atoms with E-state index in [0.717, 1.165) is 24.8 Å². The van der Waals surface area contributed by atoms with Crippen LogP contribution in [0.15, 0.2) is 6.33 Å². The topological polar surface area (TPSA) is 107 Å². The number of thiophene rings is 1. The number of carbonyl (C=O) groups is 1. The van der Waals surface area contributed by atoms with Crippen molar-refractivity contribution in [3.05, 3.63) is 28.2 Å². The molecule has 3 rings (SSSR count). The van der Waals surface area contributed by atoms with Crippen LogP contribution in [0.1, 0.15) is 34.7 Å². The van der Waals surface area contributed by atoms with E-state index in [1.165, 1.54) is 27.2 Å². The predicted octanol–water partition coefficient (Wildman–Crippen LogP) is 1.60. The third kappa shape index (κ3) is 2.69. The van der Waals surface area contributed by atoms with Crippen molar-refractivity contribution >= 4 is 22.2 Å². The highest BCUT2D eigenvalue weighted by atomic mass is 32.1. The third-order valence-electron chi connectivity index (χ3n) is 3.49. The number of hydrogen-bond donors (Lipinski definition) is 1. The van der Waals surface area contributed by atoms with E-state index in [1.54, 1.807) is 0 Å². The summed E-state index contributed by atoms with van der Waals surface area (Å²) in [5.41, 5.74) is 1.70. The molecule has 0 saturated carbocycles. The molecule has 0 aliphatic heterocycles. The Kier molecular flexibility index (Phi) is 3.86. The summed E-state index contributed by atoms with van der Waals surface area (Å²) in [5.74, 6) is -0.0905. The predicted molar refractivity (Wildman–Crippen MR) is 79.0 cm³/mol.